The Hall–Kier alpha value is -1.14. The van der Waals surface area contributed by atoms with Gasteiger partial charge in [0, 0.05) is 4.90 Å². The third-order valence-corrected chi connectivity index (χ3v) is 1.56. The number of phenolic OH excluding ortho intramolecular Hbond substituents is 1. The third-order valence-electron chi connectivity index (χ3n) is 0.981. The maximum Gasteiger partial charge on any atom is 0.138 e. The lowest BCUT2D eigenvalue weighted by atomic mass is 10.3. The fourth-order valence-corrected chi connectivity index (χ4v) is 1.03. The van der Waals surface area contributed by atoms with E-state index in [9.17, 15) is 0 Å². The van der Waals surface area contributed by atoms with Crippen LogP contribution in [0, 0.1) is 10.7 Å². The van der Waals surface area contributed by atoms with Gasteiger partial charge in [0.2, 0.25) is 0 Å². The van der Waals surface area contributed by atoms with Gasteiger partial charge in [-0.2, -0.15) is 5.26 Å². The van der Waals surface area contributed by atoms with Crippen LogP contribution in [0.25, 0.3) is 0 Å². The molecule has 1 aromatic carbocycles. The molecule has 0 unspecified atom stereocenters. The Labute approximate surface area is 63.1 Å². The Kier molecular flexibility index (Phi) is 2.19. The summed E-state index contributed by atoms with van der Waals surface area (Å²) in [5, 5.41) is 19.1. The van der Waals surface area contributed by atoms with Crippen molar-refractivity contribution in [3.63, 3.8) is 0 Å². The summed E-state index contributed by atoms with van der Waals surface area (Å²) in [5.41, 5.74) is 0. The Balaban J connectivity index is 2.87. The Morgan fingerprint density at radius 1 is 1.50 bits per heavy atom. The lowest BCUT2D eigenvalue weighted by Gasteiger charge is -1.92. The monoisotopic (exact) mass is 151 g/mol. The van der Waals surface area contributed by atoms with Gasteiger partial charge in [-0.05, 0) is 30.0 Å². The zero-order valence-electron chi connectivity index (χ0n) is 5.11. The van der Waals surface area contributed by atoms with Crippen molar-refractivity contribution in [1.82, 2.24) is 0 Å². The van der Waals surface area contributed by atoms with Crippen molar-refractivity contribution < 1.29 is 5.11 Å². The number of aromatic hydroxyl groups is 1. The van der Waals surface area contributed by atoms with Gasteiger partial charge in [-0.1, -0.05) is 6.07 Å². The summed E-state index contributed by atoms with van der Waals surface area (Å²) in [5.74, 6) is 0.195. The number of rotatable bonds is 1. The van der Waals surface area contributed by atoms with Crippen LogP contribution in [0.2, 0.25) is 0 Å². The van der Waals surface area contributed by atoms with E-state index in [-0.39, 0.29) is 5.75 Å². The highest BCUT2D eigenvalue weighted by molar-refractivity contribution is 8.03. The number of thioether (sulfide) groups is 1. The molecular weight excluding hydrogens is 146 g/mol. The summed E-state index contributed by atoms with van der Waals surface area (Å²) in [6, 6.07) is 6.60. The second-order valence-electron chi connectivity index (χ2n) is 1.69. The molecule has 50 valence electrons. The molecule has 0 aliphatic carbocycles. The van der Waals surface area contributed by atoms with Gasteiger partial charge in [-0.3, -0.25) is 0 Å². The average Bonchev–Trinajstić information content (AvgIpc) is 1.88. The van der Waals surface area contributed by atoms with Gasteiger partial charge >= 0.3 is 0 Å². The minimum Gasteiger partial charge on any atom is -0.508 e. The Morgan fingerprint density at radius 3 is 2.90 bits per heavy atom. The van der Waals surface area contributed by atoms with Gasteiger partial charge in [0.25, 0.3) is 0 Å². The summed E-state index contributed by atoms with van der Waals surface area (Å²) < 4.78 is 0. The van der Waals surface area contributed by atoms with E-state index in [1.54, 1.807) is 24.3 Å². The number of phenols is 1. The third kappa shape index (κ3) is 1.67. The molecule has 0 aromatic heterocycles. The Morgan fingerprint density at radius 2 is 2.30 bits per heavy atom. The molecule has 1 N–H and O–H groups in total. The van der Waals surface area contributed by atoms with Gasteiger partial charge in [0.1, 0.15) is 11.2 Å². The molecule has 0 bridgehead atoms. The summed E-state index contributed by atoms with van der Waals surface area (Å²) in [6.45, 7) is 0. The number of benzene rings is 1. The van der Waals surface area contributed by atoms with Gasteiger partial charge in [-0.15, -0.1) is 0 Å². The van der Waals surface area contributed by atoms with Crippen molar-refractivity contribution in [1.29, 1.82) is 5.26 Å². The van der Waals surface area contributed by atoms with Crippen molar-refractivity contribution in [3.8, 4) is 11.2 Å². The molecule has 0 fully saturated rings. The number of nitriles is 1. The summed E-state index contributed by atoms with van der Waals surface area (Å²) >= 11 is 1.03. The van der Waals surface area contributed by atoms with E-state index in [1.165, 1.54) is 0 Å². The largest absolute Gasteiger partial charge is 0.508 e. The average molecular weight is 151 g/mol. The topological polar surface area (TPSA) is 44.0 Å². The SMILES string of the molecule is N#CSc1cccc(O)c1. The van der Waals surface area contributed by atoms with Gasteiger partial charge in [0.05, 0.1) is 0 Å². The van der Waals surface area contributed by atoms with Crippen LogP contribution >= 0.6 is 11.8 Å². The lowest BCUT2D eigenvalue weighted by Crippen LogP contribution is -1.66. The fraction of sp³-hybridized carbons (Fsp3) is 0. The normalized spacial score (nSPS) is 8.70. The minimum absolute atomic E-state index is 0.195. The van der Waals surface area contributed by atoms with Crippen molar-refractivity contribution in [2.75, 3.05) is 0 Å². The minimum atomic E-state index is 0.195. The van der Waals surface area contributed by atoms with Crippen LogP contribution in [0.3, 0.4) is 0 Å². The molecule has 0 saturated heterocycles. The van der Waals surface area contributed by atoms with Crippen LogP contribution in [0.5, 0.6) is 5.75 Å². The molecule has 0 heterocycles. The molecule has 1 aromatic rings. The summed E-state index contributed by atoms with van der Waals surface area (Å²) in [6.07, 6.45) is 0. The molecule has 0 atom stereocenters. The van der Waals surface area contributed by atoms with E-state index in [0.717, 1.165) is 16.7 Å². The van der Waals surface area contributed by atoms with Crippen LogP contribution in [0.15, 0.2) is 29.2 Å². The first-order valence-electron chi connectivity index (χ1n) is 2.68. The zero-order valence-corrected chi connectivity index (χ0v) is 5.93. The maximum absolute atomic E-state index is 8.92. The lowest BCUT2D eigenvalue weighted by molar-refractivity contribution is 0.474. The first kappa shape index (κ1) is 6.97. The number of hydrogen-bond donors (Lipinski definition) is 1. The predicted molar refractivity (Wildman–Crippen MR) is 39.6 cm³/mol. The van der Waals surface area contributed by atoms with Crippen molar-refractivity contribution >= 4 is 11.8 Å². The number of thiocyanates is 1. The van der Waals surface area contributed by atoms with E-state index < -0.39 is 0 Å². The van der Waals surface area contributed by atoms with Crippen LogP contribution in [-0.2, 0) is 0 Å². The predicted octanol–water partition coefficient (Wildman–Crippen LogP) is 1.97. The van der Waals surface area contributed by atoms with E-state index in [4.69, 9.17) is 10.4 Å². The molecule has 0 saturated carbocycles. The van der Waals surface area contributed by atoms with Gasteiger partial charge < -0.3 is 5.11 Å². The number of nitrogens with zero attached hydrogens (tertiary/aromatic N) is 1. The quantitative estimate of drug-likeness (QED) is 0.493. The molecule has 0 aliphatic heterocycles. The van der Waals surface area contributed by atoms with Gasteiger partial charge in [-0.25, -0.2) is 0 Å². The fourth-order valence-electron chi connectivity index (χ4n) is 0.600. The molecular formula is C7H5NOS. The molecule has 10 heavy (non-hydrogen) atoms. The highest BCUT2D eigenvalue weighted by Crippen LogP contribution is 2.20. The zero-order chi connectivity index (χ0) is 7.40. The summed E-state index contributed by atoms with van der Waals surface area (Å²) in [7, 11) is 0. The Bertz CT molecular complexity index is 267. The van der Waals surface area contributed by atoms with Gasteiger partial charge in [0.15, 0.2) is 0 Å². The van der Waals surface area contributed by atoms with E-state index in [2.05, 4.69) is 0 Å². The van der Waals surface area contributed by atoms with Crippen LogP contribution in [0.4, 0.5) is 0 Å². The van der Waals surface area contributed by atoms with Crippen LogP contribution < -0.4 is 0 Å². The molecule has 0 aliphatic rings. The van der Waals surface area contributed by atoms with Crippen molar-refractivity contribution in [2.24, 2.45) is 0 Å². The van der Waals surface area contributed by atoms with E-state index in [0.29, 0.717) is 0 Å². The molecule has 1 rings (SSSR count). The summed E-state index contributed by atoms with van der Waals surface area (Å²) in [4.78, 5) is 0.766. The molecule has 0 amide bonds. The van der Waals surface area contributed by atoms with E-state index >= 15 is 0 Å². The van der Waals surface area contributed by atoms with Crippen LogP contribution in [0.1, 0.15) is 0 Å². The van der Waals surface area contributed by atoms with Crippen LogP contribution in [-0.4, -0.2) is 5.11 Å². The highest BCUT2D eigenvalue weighted by Gasteiger charge is 1.91. The molecule has 3 heteroatoms. The second-order valence-corrected chi connectivity index (χ2v) is 2.55. The molecule has 0 radical (unpaired) electrons. The smallest absolute Gasteiger partial charge is 0.138 e. The first-order chi connectivity index (χ1) is 4.83. The standard InChI is InChI=1S/C7H5NOS/c8-5-10-7-3-1-2-6(9)4-7/h1-4,9H. The van der Waals surface area contributed by atoms with E-state index in [1.807, 2.05) is 5.40 Å². The first-order valence-corrected chi connectivity index (χ1v) is 3.49. The molecule has 2 nitrogen and oxygen atoms in total. The highest BCUT2D eigenvalue weighted by atomic mass is 32.2. The molecule has 0 spiro atoms. The maximum atomic E-state index is 8.92. The van der Waals surface area contributed by atoms with Crippen molar-refractivity contribution in [3.05, 3.63) is 24.3 Å². The van der Waals surface area contributed by atoms with Crippen molar-refractivity contribution in [2.45, 2.75) is 4.90 Å². The second kappa shape index (κ2) is 3.14. The number of hydrogen-bond acceptors (Lipinski definition) is 3.